The molecular formula is C21H18F5N5O2. The van der Waals surface area contributed by atoms with Gasteiger partial charge < -0.3 is 16.4 Å². The van der Waals surface area contributed by atoms with Crippen LogP contribution in [0.15, 0.2) is 29.3 Å². The van der Waals surface area contributed by atoms with Crippen molar-refractivity contribution in [3.8, 4) is 11.8 Å². The highest BCUT2D eigenvalue weighted by atomic mass is 19.4. The van der Waals surface area contributed by atoms with E-state index in [9.17, 15) is 31.5 Å². The van der Waals surface area contributed by atoms with Gasteiger partial charge in [0, 0.05) is 24.1 Å². The van der Waals surface area contributed by atoms with Crippen LogP contribution >= 0.6 is 0 Å². The second-order valence-corrected chi connectivity index (χ2v) is 8.08. The number of nitrogens with two attached hydrogens (primary N) is 1. The first-order chi connectivity index (χ1) is 15.3. The minimum absolute atomic E-state index is 0.135. The monoisotopic (exact) mass is 467 g/mol. The van der Waals surface area contributed by atoms with Crippen LogP contribution in [-0.4, -0.2) is 21.8 Å². The number of aromatic nitrogens is 2. The number of carbonyl (C=O) groups is 1. The Morgan fingerprint density at radius 1 is 1.24 bits per heavy atom. The molecule has 1 fully saturated rings. The Hall–Kier alpha value is -3.62. The number of fused-ring (bicyclic) bond motifs is 1. The molecule has 0 unspecified atom stereocenters. The Balaban J connectivity index is 1.74. The van der Waals surface area contributed by atoms with Crippen LogP contribution in [0.5, 0.6) is 0 Å². The van der Waals surface area contributed by atoms with Gasteiger partial charge in [0.2, 0.25) is 5.54 Å². The minimum atomic E-state index is -4.90. The summed E-state index contributed by atoms with van der Waals surface area (Å²) in [7, 11) is 0. The number of alkyl halides is 5. The van der Waals surface area contributed by atoms with E-state index in [1.807, 2.05) is 5.32 Å². The molecule has 33 heavy (non-hydrogen) atoms. The van der Waals surface area contributed by atoms with Crippen molar-refractivity contribution in [2.75, 3.05) is 11.1 Å². The number of hydrogen-bond donors (Lipinski definition) is 3. The Labute approximate surface area is 184 Å². The molecule has 0 spiro atoms. The molecule has 4 N–H and O–H groups in total. The van der Waals surface area contributed by atoms with E-state index in [4.69, 9.17) is 5.73 Å². The molecule has 0 radical (unpaired) electrons. The number of anilines is 2. The smallest absolute Gasteiger partial charge is 0.393 e. The molecule has 7 nitrogen and oxygen atoms in total. The molecule has 1 aromatic carbocycles. The van der Waals surface area contributed by atoms with Crippen molar-refractivity contribution in [2.24, 2.45) is 5.92 Å². The predicted molar refractivity (Wildman–Crippen MR) is 108 cm³/mol. The summed E-state index contributed by atoms with van der Waals surface area (Å²) in [5.74, 6) is 1.25. The zero-order valence-electron chi connectivity index (χ0n) is 17.2. The topological polar surface area (TPSA) is 102 Å². The standard InChI is InChI=1S/C21H18F5N5O2/c1-19(22,23)16-15(27)17(32)31(10-28-16)9-12-4-5-13-14(8-12)29-18(33)30-20(13,21(24,25)26)7-6-11-2-3-11/h4-5,8,10-11H,2-3,9,27H2,1H3,(H2,29,30,33)/t20-/m0/s1. The zero-order chi connectivity index (χ0) is 24.2. The van der Waals surface area contributed by atoms with Gasteiger partial charge in [0.1, 0.15) is 11.4 Å². The number of nitrogen functional groups attached to an aromatic ring is 1. The molecule has 1 aromatic heterocycles. The average Bonchev–Trinajstić information content (AvgIpc) is 3.52. The molecule has 2 amide bonds. The van der Waals surface area contributed by atoms with Crippen molar-refractivity contribution in [1.29, 1.82) is 0 Å². The molecule has 2 heterocycles. The first-order valence-corrected chi connectivity index (χ1v) is 9.87. The maximum absolute atomic E-state index is 14.1. The van der Waals surface area contributed by atoms with Crippen LogP contribution in [0.1, 0.15) is 36.6 Å². The number of urea groups is 1. The fourth-order valence-corrected chi connectivity index (χ4v) is 3.51. The molecular weight excluding hydrogens is 449 g/mol. The fourth-order valence-electron chi connectivity index (χ4n) is 3.51. The molecule has 1 aliphatic heterocycles. The van der Waals surface area contributed by atoms with E-state index in [0.29, 0.717) is 25.3 Å². The van der Waals surface area contributed by atoms with E-state index in [1.165, 1.54) is 12.1 Å². The maximum Gasteiger partial charge on any atom is 0.427 e. The van der Waals surface area contributed by atoms with Crippen molar-refractivity contribution in [3.05, 3.63) is 51.7 Å². The third-order valence-corrected chi connectivity index (χ3v) is 5.34. The van der Waals surface area contributed by atoms with Gasteiger partial charge in [-0.1, -0.05) is 24.0 Å². The number of amides is 2. The summed E-state index contributed by atoms with van der Waals surface area (Å²) in [5.41, 5.74) is -0.0106. The Bertz CT molecular complexity index is 1250. The lowest BCUT2D eigenvalue weighted by Crippen LogP contribution is -2.59. The molecule has 0 bridgehead atoms. The summed E-state index contributed by atoms with van der Waals surface area (Å²) in [4.78, 5) is 28.0. The lowest BCUT2D eigenvalue weighted by molar-refractivity contribution is -0.178. The summed E-state index contributed by atoms with van der Waals surface area (Å²) in [5, 5.41) is 4.24. The van der Waals surface area contributed by atoms with Gasteiger partial charge in [0.05, 0.1) is 12.9 Å². The number of hydrogen-bond acceptors (Lipinski definition) is 4. The van der Waals surface area contributed by atoms with E-state index in [2.05, 4.69) is 22.1 Å². The van der Waals surface area contributed by atoms with Gasteiger partial charge in [0.15, 0.2) is 0 Å². The van der Waals surface area contributed by atoms with Crippen LogP contribution in [0.4, 0.5) is 38.1 Å². The molecule has 1 aliphatic carbocycles. The molecule has 2 aliphatic rings. The number of nitrogens with one attached hydrogen (secondary N) is 2. The van der Waals surface area contributed by atoms with Crippen LogP contribution in [-0.2, 0) is 18.0 Å². The van der Waals surface area contributed by atoms with Gasteiger partial charge in [-0.3, -0.25) is 9.36 Å². The van der Waals surface area contributed by atoms with Gasteiger partial charge in [-0.2, -0.15) is 22.0 Å². The lowest BCUT2D eigenvalue weighted by Gasteiger charge is -2.37. The van der Waals surface area contributed by atoms with Crippen LogP contribution in [0.25, 0.3) is 0 Å². The summed E-state index contributed by atoms with van der Waals surface area (Å²) >= 11 is 0. The highest BCUT2D eigenvalue weighted by Crippen LogP contribution is 2.44. The molecule has 0 saturated heterocycles. The first-order valence-electron chi connectivity index (χ1n) is 9.87. The first kappa shape index (κ1) is 22.6. The van der Waals surface area contributed by atoms with Crippen molar-refractivity contribution in [1.82, 2.24) is 14.9 Å². The van der Waals surface area contributed by atoms with Crippen LogP contribution < -0.4 is 21.9 Å². The van der Waals surface area contributed by atoms with Crippen LogP contribution in [0.2, 0.25) is 0 Å². The molecule has 12 heteroatoms. The third-order valence-electron chi connectivity index (χ3n) is 5.34. The van der Waals surface area contributed by atoms with E-state index < -0.39 is 40.6 Å². The van der Waals surface area contributed by atoms with Crippen LogP contribution in [0, 0.1) is 17.8 Å². The highest BCUT2D eigenvalue weighted by Gasteiger charge is 2.59. The fraction of sp³-hybridized carbons (Fsp3) is 0.381. The summed E-state index contributed by atoms with van der Waals surface area (Å²) < 4.78 is 70.4. The summed E-state index contributed by atoms with van der Waals surface area (Å²) in [6.45, 7) is 0.323. The van der Waals surface area contributed by atoms with E-state index >= 15 is 0 Å². The number of rotatable bonds is 3. The summed E-state index contributed by atoms with van der Waals surface area (Å²) in [6, 6.07) is 2.66. The molecule has 174 valence electrons. The van der Waals surface area contributed by atoms with Gasteiger partial charge in [-0.15, -0.1) is 0 Å². The van der Waals surface area contributed by atoms with Gasteiger partial charge in [0.25, 0.3) is 11.5 Å². The van der Waals surface area contributed by atoms with Crippen LogP contribution in [0.3, 0.4) is 0 Å². The second kappa shape index (κ2) is 7.47. The van der Waals surface area contributed by atoms with Gasteiger partial charge in [-0.05, 0) is 24.5 Å². The molecule has 4 rings (SSSR count). The third kappa shape index (κ3) is 4.10. The SMILES string of the molecule is CC(F)(F)c1ncn(Cc2ccc3c(c2)NC(=O)N[C@]3(C#CC2CC2)C(F)(F)F)c(=O)c1N. The Morgan fingerprint density at radius 3 is 2.55 bits per heavy atom. The van der Waals surface area contributed by atoms with Crippen molar-refractivity contribution in [2.45, 2.75) is 43.9 Å². The van der Waals surface area contributed by atoms with Crippen molar-refractivity contribution < 1.29 is 26.7 Å². The van der Waals surface area contributed by atoms with Gasteiger partial charge >= 0.3 is 12.2 Å². The zero-order valence-corrected chi connectivity index (χ0v) is 17.2. The van der Waals surface area contributed by atoms with E-state index in [0.717, 1.165) is 17.0 Å². The second-order valence-electron chi connectivity index (χ2n) is 8.08. The van der Waals surface area contributed by atoms with Crippen molar-refractivity contribution >= 4 is 17.4 Å². The lowest BCUT2D eigenvalue weighted by atomic mass is 9.85. The number of halogens is 5. The Kier molecular flexibility index (Phi) is 5.11. The van der Waals surface area contributed by atoms with Crippen molar-refractivity contribution in [3.63, 3.8) is 0 Å². The Morgan fingerprint density at radius 2 is 1.94 bits per heavy atom. The van der Waals surface area contributed by atoms with Gasteiger partial charge in [-0.25, -0.2) is 9.78 Å². The highest BCUT2D eigenvalue weighted by molar-refractivity contribution is 5.95. The maximum atomic E-state index is 14.1. The average molecular weight is 467 g/mol. The number of benzene rings is 1. The van der Waals surface area contributed by atoms with E-state index in [1.54, 1.807) is 0 Å². The molecule has 2 aromatic rings. The predicted octanol–water partition coefficient (Wildman–Crippen LogP) is 3.29. The van der Waals surface area contributed by atoms with E-state index in [-0.39, 0.29) is 23.7 Å². The molecule has 1 saturated carbocycles. The number of nitrogens with zero attached hydrogens (tertiary/aromatic N) is 2. The molecule has 1 atom stereocenters. The largest absolute Gasteiger partial charge is 0.427 e. The number of carbonyl (C=O) groups excluding carboxylic acids is 1. The normalized spacial score (nSPS) is 20.2. The quantitative estimate of drug-likeness (QED) is 0.476. The summed E-state index contributed by atoms with van der Waals surface area (Å²) in [6.07, 6.45) is -2.62. The minimum Gasteiger partial charge on any atom is -0.393 e.